The van der Waals surface area contributed by atoms with Gasteiger partial charge in [0.2, 0.25) is 0 Å². The molecule has 0 unspecified atom stereocenters. The van der Waals surface area contributed by atoms with Gasteiger partial charge < -0.3 is 9.47 Å². The highest BCUT2D eigenvalue weighted by Gasteiger charge is 2.44. The lowest BCUT2D eigenvalue weighted by atomic mass is 9.78. The minimum Gasteiger partial charge on any atom is -0.459 e. The van der Waals surface area contributed by atoms with E-state index in [-0.39, 0.29) is 31.1 Å². The fraction of sp³-hybridized carbons (Fsp3) is 0.630. The molecule has 2 aliphatic rings. The van der Waals surface area contributed by atoms with Gasteiger partial charge in [0, 0.05) is 12.1 Å². The van der Waals surface area contributed by atoms with Gasteiger partial charge in [0.25, 0.3) is 0 Å². The molecule has 1 aromatic rings. The van der Waals surface area contributed by atoms with E-state index in [0.717, 1.165) is 5.92 Å². The summed E-state index contributed by atoms with van der Waals surface area (Å²) >= 11 is 0. The van der Waals surface area contributed by atoms with Gasteiger partial charge in [0.1, 0.15) is 5.75 Å². The van der Waals surface area contributed by atoms with Crippen molar-refractivity contribution in [1.82, 2.24) is 0 Å². The van der Waals surface area contributed by atoms with Crippen molar-refractivity contribution in [1.29, 1.82) is 0 Å². The van der Waals surface area contributed by atoms with Gasteiger partial charge in [-0.15, -0.1) is 0 Å². The number of allylic oxidation sites excluding steroid dienone is 3. The molecule has 0 heterocycles. The maximum atomic E-state index is 14.7. The van der Waals surface area contributed by atoms with Crippen molar-refractivity contribution in [3.05, 3.63) is 48.3 Å². The Morgan fingerprint density at radius 3 is 1.86 bits per heavy atom. The third-order valence-corrected chi connectivity index (χ3v) is 7.16. The number of rotatable bonds is 9. The Hall–Kier alpha value is -2.19. The highest BCUT2D eigenvalue weighted by atomic mass is 19.4. The van der Waals surface area contributed by atoms with Crippen LogP contribution >= 0.6 is 0 Å². The van der Waals surface area contributed by atoms with Gasteiger partial charge in [-0.05, 0) is 69.1 Å². The average molecular weight is 523 g/mol. The summed E-state index contributed by atoms with van der Waals surface area (Å²) in [4.78, 5) is 0. The maximum Gasteiger partial charge on any atom is 0.412 e. The molecule has 0 N–H and O–H groups in total. The van der Waals surface area contributed by atoms with Crippen LogP contribution in [0.15, 0.2) is 36.6 Å². The van der Waals surface area contributed by atoms with E-state index in [1.165, 1.54) is 38.5 Å². The third-order valence-electron chi connectivity index (χ3n) is 7.16. The van der Waals surface area contributed by atoms with E-state index in [4.69, 9.17) is 0 Å². The van der Waals surface area contributed by atoms with E-state index in [0.29, 0.717) is 30.9 Å². The molecule has 202 valence electrons. The Balaban J connectivity index is 1.50. The number of hydrogen-bond donors (Lipinski definition) is 0. The Kier molecular flexibility index (Phi) is 9.75. The van der Waals surface area contributed by atoms with Crippen molar-refractivity contribution in [2.75, 3.05) is 0 Å². The number of benzene rings is 1. The molecule has 0 radical (unpaired) electrons. The standard InChI is InChI=1S/C27H33F7O2/c1-2-3-18-4-6-19(7-5-18)8-9-20-10-12-21(13-11-20)27(33,34)36-22-16-23(28)25(24(29)17-22)35-15-14-26(30,31)32/h8-9,14-21H,2-7,10-13H2,1H3/b9-8+,15-14+. The van der Waals surface area contributed by atoms with E-state index >= 15 is 0 Å². The second kappa shape index (κ2) is 12.4. The zero-order valence-electron chi connectivity index (χ0n) is 20.3. The summed E-state index contributed by atoms with van der Waals surface area (Å²) in [5, 5.41) is 0. The van der Waals surface area contributed by atoms with E-state index in [1.54, 1.807) is 0 Å². The van der Waals surface area contributed by atoms with Gasteiger partial charge in [0.15, 0.2) is 17.4 Å². The summed E-state index contributed by atoms with van der Waals surface area (Å²) in [6.07, 6.45) is 4.67. The molecule has 9 heteroatoms. The fourth-order valence-corrected chi connectivity index (χ4v) is 5.17. The Labute approximate surface area is 207 Å². The highest BCUT2D eigenvalue weighted by Crippen LogP contribution is 2.42. The van der Waals surface area contributed by atoms with Crippen molar-refractivity contribution >= 4 is 0 Å². The molecular formula is C27H33F7O2. The van der Waals surface area contributed by atoms with E-state index in [2.05, 4.69) is 28.5 Å². The number of halogens is 7. The molecule has 1 aromatic carbocycles. The minimum atomic E-state index is -4.74. The molecule has 2 nitrogen and oxygen atoms in total. The van der Waals surface area contributed by atoms with Gasteiger partial charge in [-0.1, -0.05) is 31.9 Å². The molecule has 0 aromatic heterocycles. The van der Waals surface area contributed by atoms with Crippen LogP contribution in [0.25, 0.3) is 0 Å². The number of ether oxygens (including phenoxy) is 2. The molecular weight excluding hydrogens is 489 g/mol. The van der Waals surface area contributed by atoms with Crippen LogP contribution < -0.4 is 9.47 Å². The molecule has 2 fully saturated rings. The first-order valence-electron chi connectivity index (χ1n) is 12.6. The second-order valence-electron chi connectivity index (χ2n) is 9.91. The van der Waals surface area contributed by atoms with Crippen LogP contribution in [0.4, 0.5) is 30.7 Å². The molecule has 0 atom stereocenters. The Morgan fingerprint density at radius 2 is 1.36 bits per heavy atom. The zero-order valence-corrected chi connectivity index (χ0v) is 20.3. The highest BCUT2D eigenvalue weighted by molar-refractivity contribution is 5.35. The molecule has 0 bridgehead atoms. The summed E-state index contributed by atoms with van der Waals surface area (Å²) < 4.78 is 103. The van der Waals surface area contributed by atoms with Crippen LogP contribution in [0.5, 0.6) is 11.5 Å². The summed E-state index contributed by atoms with van der Waals surface area (Å²) in [6, 6.07) is 0.939. The number of alkyl halides is 5. The molecule has 36 heavy (non-hydrogen) atoms. The molecule has 3 rings (SSSR count). The lowest BCUT2D eigenvalue weighted by Gasteiger charge is -2.32. The van der Waals surface area contributed by atoms with Crippen LogP contribution in [0, 0.1) is 35.3 Å². The Bertz CT molecular complexity index is 871. The lowest BCUT2D eigenvalue weighted by Crippen LogP contribution is -2.37. The van der Waals surface area contributed by atoms with Gasteiger partial charge in [0.05, 0.1) is 18.3 Å². The molecule has 2 aliphatic carbocycles. The van der Waals surface area contributed by atoms with Crippen LogP contribution in [-0.2, 0) is 0 Å². The van der Waals surface area contributed by atoms with Crippen molar-refractivity contribution in [2.24, 2.45) is 23.7 Å². The van der Waals surface area contributed by atoms with Crippen molar-refractivity contribution in [3.8, 4) is 11.5 Å². The van der Waals surface area contributed by atoms with E-state index in [9.17, 15) is 30.7 Å². The molecule has 0 amide bonds. The topological polar surface area (TPSA) is 18.5 Å². The van der Waals surface area contributed by atoms with Crippen molar-refractivity contribution in [2.45, 2.75) is 83.4 Å². The fourth-order valence-electron chi connectivity index (χ4n) is 5.17. The van der Waals surface area contributed by atoms with Gasteiger partial charge in [-0.2, -0.15) is 22.0 Å². The van der Waals surface area contributed by atoms with Gasteiger partial charge in [-0.25, -0.2) is 8.78 Å². The first-order chi connectivity index (χ1) is 17.0. The summed E-state index contributed by atoms with van der Waals surface area (Å²) in [6.45, 7) is 2.21. The normalized spacial score (nSPS) is 26.0. The average Bonchev–Trinajstić information content (AvgIpc) is 2.80. The quantitative estimate of drug-likeness (QED) is 0.183. The first kappa shape index (κ1) is 28.4. The van der Waals surface area contributed by atoms with Crippen LogP contribution in [-0.4, -0.2) is 12.3 Å². The Morgan fingerprint density at radius 1 is 0.833 bits per heavy atom. The van der Waals surface area contributed by atoms with E-state index < -0.39 is 41.3 Å². The smallest absolute Gasteiger partial charge is 0.412 e. The van der Waals surface area contributed by atoms with Crippen LogP contribution in [0.1, 0.15) is 71.1 Å². The van der Waals surface area contributed by atoms with Crippen LogP contribution in [0.3, 0.4) is 0 Å². The SMILES string of the molecule is CCCC1CCC(/C=C/C2CCC(C(F)(F)Oc3cc(F)c(O/C=C/C(F)(F)F)c(F)c3)CC2)CC1. The molecule has 2 saturated carbocycles. The summed E-state index contributed by atoms with van der Waals surface area (Å²) in [7, 11) is 0. The van der Waals surface area contributed by atoms with E-state index in [1.807, 2.05) is 0 Å². The van der Waals surface area contributed by atoms with Crippen molar-refractivity contribution in [3.63, 3.8) is 0 Å². The first-order valence-corrected chi connectivity index (χ1v) is 12.6. The molecule has 0 spiro atoms. The second-order valence-corrected chi connectivity index (χ2v) is 9.91. The zero-order chi connectivity index (χ0) is 26.3. The lowest BCUT2D eigenvalue weighted by molar-refractivity contribution is -0.223. The van der Waals surface area contributed by atoms with Gasteiger partial charge >= 0.3 is 12.3 Å². The molecule has 0 saturated heterocycles. The van der Waals surface area contributed by atoms with Crippen LogP contribution in [0.2, 0.25) is 0 Å². The predicted octanol–water partition coefficient (Wildman–Crippen LogP) is 9.36. The maximum absolute atomic E-state index is 14.7. The summed E-state index contributed by atoms with van der Waals surface area (Å²) in [5.74, 6) is -4.31. The largest absolute Gasteiger partial charge is 0.459 e. The van der Waals surface area contributed by atoms with Gasteiger partial charge in [-0.3, -0.25) is 0 Å². The monoisotopic (exact) mass is 522 g/mol. The summed E-state index contributed by atoms with van der Waals surface area (Å²) in [5.41, 5.74) is 0. The molecule has 0 aliphatic heterocycles. The third kappa shape index (κ3) is 8.44. The minimum absolute atomic E-state index is 0.0704. The number of hydrogen-bond acceptors (Lipinski definition) is 2. The van der Waals surface area contributed by atoms with Crippen molar-refractivity contribution < 1.29 is 40.2 Å². The predicted molar refractivity (Wildman–Crippen MR) is 123 cm³/mol.